The summed E-state index contributed by atoms with van der Waals surface area (Å²) in [6.07, 6.45) is 4.09. The van der Waals surface area contributed by atoms with Gasteiger partial charge >= 0.3 is 0 Å². The molecular formula is C14H22N4OS. The lowest BCUT2D eigenvalue weighted by molar-refractivity contribution is -0.124. The van der Waals surface area contributed by atoms with Gasteiger partial charge < -0.3 is 10.2 Å². The van der Waals surface area contributed by atoms with E-state index in [1.54, 1.807) is 11.8 Å². The molecule has 1 fully saturated rings. The third-order valence-corrected chi connectivity index (χ3v) is 4.09. The summed E-state index contributed by atoms with van der Waals surface area (Å²) in [5, 5.41) is 12.5. The monoisotopic (exact) mass is 294 g/mol. The molecule has 1 amide bonds. The van der Waals surface area contributed by atoms with Crippen molar-refractivity contribution in [3.05, 3.63) is 12.1 Å². The number of thioether (sulfide) groups is 1. The first-order valence-electron chi connectivity index (χ1n) is 7.03. The van der Waals surface area contributed by atoms with Gasteiger partial charge in [0.25, 0.3) is 0 Å². The van der Waals surface area contributed by atoms with Crippen molar-refractivity contribution in [3.8, 4) is 0 Å². The minimum Gasteiger partial charge on any atom is -0.353 e. The summed E-state index contributed by atoms with van der Waals surface area (Å²) in [7, 11) is 0. The molecule has 1 N–H and O–H groups in total. The average molecular weight is 294 g/mol. The fraction of sp³-hybridized carbons (Fsp3) is 0.643. The number of rotatable bonds is 4. The summed E-state index contributed by atoms with van der Waals surface area (Å²) in [5.74, 6) is 1.05. The zero-order valence-electron chi connectivity index (χ0n) is 12.3. The van der Waals surface area contributed by atoms with Gasteiger partial charge in [0.1, 0.15) is 5.03 Å². The van der Waals surface area contributed by atoms with Crippen LogP contribution in [-0.4, -0.2) is 41.5 Å². The van der Waals surface area contributed by atoms with E-state index in [9.17, 15) is 4.79 Å². The summed E-state index contributed by atoms with van der Waals surface area (Å²) in [6, 6.07) is 4.20. The number of hydrogen-bond donors (Lipinski definition) is 1. The van der Waals surface area contributed by atoms with Crippen LogP contribution in [0, 0.1) is 5.92 Å². The van der Waals surface area contributed by atoms with Gasteiger partial charge in [-0.2, -0.15) is 0 Å². The molecule has 110 valence electrons. The predicted octanol–water partition coefficient (Wildman–Crippen LogP) is 1.94. The zero-order valence-corrected chi connectivity index (χ0v) is 13.1. The first kappa shape index (κ1) is 15.1. The van der Waals surface area contributed by atoms with Crippen molar-refractivity contribution in [3.63, 3.8) is 0 Å². The molecule has 2 heterocycles. The minimum atomic E-state index is 0.0334. The Morgan fingerprint density at radius 3 is 2.85 bits per heavy atom. The molecule has 0 bridgehead atoms. The van der Waals surface area contributed by atoms with Gasteiger partial charge in [0.05, 0.1) is 0 Å². The van der Waals surface area contributed by atoms with E-state index in [1.165, 1.54) is 0 Å². The fourth-order valence-corrected chi connectivity index (χ4v) is 2.59. The van der Waals surface area contributed by atoms with Crippen LogP contribution < -0.4 is 10.2 Å². The molecule has 1 atom stereocenters. The molecule has 1 saturated heterocycles. The third-order valence-electron chi connectivity index (χ3n) is 3.45. The molecule has 0 spiro atoms. The fourth-order valence-electron chi connectivity index (χ4n) is 2.26. The van der Waals surface area contributed by atoms with Crippen molar-refractivity contribution >= 4 is 23.5 Å². The summed E-state index contributed by atoms with van der Waals surface area (Å²) in [4.78, 5) is 14.0. The topological polar surface area (TPSA) is 58.1 Å². The van der Waals surface area contributed by atoms with Crippen LogP contribution in [0.5, 0.6) is 0 Å². The van der Waals surface area contributed by atoms with Crippen LogP contribution >= 0.6 is 11.8 Å². The molecule has 0 aromatic carbocycles. The second-order valence-electron chi connectivity index (χ2n) is 5.38. The maximum Gasteiger partial charge on any atom is 0.222 e. The van der Waals surface area contributed by atoms with Crippen LogP contribution in [0.1, 0.15) is 26.7 Å². The molecule has 1 aromatic rings. The van der Waals surface area contributed by atoms with Gasteiger partial charge in [0, 0.05) is 25.0 Å². The Balaban J connectivity index is 1.97. The third kappa shape index (κ3) is 3.85. The number of aromatic nitrogens is 2. The molecule has 0 saturated carbocycles. The van der Waals surface area contributed by atoms with E-state index in [0.717, 1.165) is 36.8 Å². The summed E-state index contributed by atoms with van der Waals surface area (Å²) in [5.41, 5.74) is 0. The Hall–Kier alpha value is -1.30. The lowest BCUT2D eigenvalue weighted by Gasteiger charge is -2.34. The van der Waals surface area contributed by atoms with Gasteiger partial charge in [-0.15, -0.1) is 22.0 Å². The maximum absolute atomic E-state index is 11.8. The molecule has 0 aliphatic carbocycles. The van der Waals surface area contributed by atoms with E-state index in [2.05, 4.69) is 20.4 Å². The van der Waals surface area contributed by atoms with Gasteiger partial charge in [0.2, 0.25) is 5.91 Å². The molecule has 5 nitrogen and oxygen atoms in total. The first-order valence-corrected chi connectivity index (χ1v) is 8.25. The van der Waals surface area contributed by atoms with Crippen LogP contribution in [0.2, 0.25) is 0 Å². The zero-order chi connectivity index (χ0) is 14.5. The SMILES string of the molecule is CSc1ccc(N2CCCC(NC(=O)C(C)C)C2)nn1. The molecule has 1 unspecified atom stereocenters. The first-order chi connectivity index (χ1) is 9.60. The van der Waals surface area contributed by atoms with Crippen molar-refractivity contribution in [2.24, 2.45) is 5.92 Å². The van der Waals surface area contributed by atoms with E-state index in [4.69, 9.17) is 0 Å². The van der Waals surface area contributed by atoms with Crippen LogP contribution in [0.3, 0.4) is 0 Å². The van der Waals surface area contributed by atoms with Crippen molar-refractivity contribution in [1.29, 1.82) is 0 Å². The minimum absolute atomic E-state index is 0.0334. The maximum atomic E-state index is 11.8. The van der Waals surface area contributed by atoms with Crippen molar-refractivity contribution in [2.75, 3.05) is 24.2 Å². The van der Waals surface area contributed by atoms with Gasteiger partial charge in [-0.05, 0) is 31.2 Å². The largest absolute Gasteiger partial charge is 0.353 e. The van der Waals surface area contributed by atoms with Gasteiger partial charge in [-0.3, -0.25) is 4.79 Å². The number of hydrogen-bond acceptors (Lipinski definition) is 5. The normalized spacial score (nSPS) is 19.2. The molecule has 1 aromatic heterocycles. The highest BCUT2D eigenvalue weighted by atomic mass is 32.2. The smallest absolute Gasteiger partial charge is 0.222 e. The average Bonchev–Trinajstić information content (AvgIpc) is 2.47. The molecule has 1 aliphatic heterocycles. The number of carbonyl (C=O) groups is 1. The highest BCUT2D eigenvalue weighted by molar-refractivity contribution is 7.98. The standard InChI is InChI=1S/C14H22N4OS/c1-10(2)14(19)15-11-5-4-8-18(9-11)12-6-7-13(20-3)17-16-12/h6-7,10-11H,4-5,8-9H2,1-3H3,(H,15,19). The Bertz CT molecular complexity index is 449. The number of anilines is 1. The quantitative estimate of drug-likeness (QED) is 0.860. The molecule has 0 radical (unpaired) electrons. The van der Waals surface area contributed by atoms with Crippen LogP contribution in [0.15, 0.2) is 17.2 Å². The Labute approximate surface area is 124 Å². The molecule has 6 heteroatoms. The summed E-state index contributed by atoms with van der Waals surface area (Å²) < 4.78 is 0. The van der Waals surface area contributed by atoms with Gasteiger partial charge in [-0.1, -0.05) is 13.8 Å². The predicted molar refractivity (Wildman–Crippen MR) is 82.0 cm³/mol. The number of nitrogens with zero attached hydrogens (tertiary/aromatic N) is 3. The Morgan fingerprint density at radius 1 is 1.45 bits per heavy atom. The number of amides is 1. The number of piperidine rings is 1. The van der Waals surface area contributed by atoms with E-state index in [-0.39, 0.29) is 17.9 Å². The van der Waals surface area contributed by atoms with E-state index in [0.29, 0.717) is 0 Å². The van der Waals surface area contributed by atoms with Crippen molar-refractivity contribution in [1.82, 2.24) is 15.5 Å². The Kier molecular flexibility index (Phi) is 5.23. The lowest BCUT2D eigenvalue weighted by atomic mass is 10.0. The van der Waals surface area contributed by atoms with E-state index in [1.807, 2.05) is 32.2 Å². The highest BCUT2D eigenvalue weighted by Gasteiger charge is 2.23. The van der Waals surface area contributed by atoms with Crippen LogP contribution in [0.4, 0.5) is 5.82 Å². The Morgan fingerprint density at radius 2 is 2.25 bits per heavy atom. The van der Waals surface area contributed by atoms with E-state index >= 15 is 0 Å². The molecule has 2 rings (SSSR count). The summed E-state index contributed by atoms with van der Waals surface area (Å²) in [6.45, 7) is 5.62. The second-order valence-corrected chi connectivity index (χ2v) is 6.21. The molecule has 20 heavy (non-hydrogen) atoms. The number of carbonyl (C=O) groups excluding carboxylic acids is 1. The van der Waals surface area contributed by atoms with Crippen LogP contribution in [0.25, 0.3) is 0 Å². The summed E-state index contributed by atoms with van der Waals surface area (Å²) >= 11 is 1.59. The highest BCUT2D eigenvalue weighted by Crippen LogP contribution is 2.19. The number of nitrogens with one attached hydrogen (secondary N) is 1. The van der Waals surface area contributed by atoms with Gasteiger partial charge in [-0.25, -0.2) is 0 Å². The second kappa shape index (κ2) is 6.92. The van der Waals surface area contributed by atoms with Crippen molar-refractivity contribution < 1.29 is 4.79 Å². The van der Waals surface area contributed by atoms with Gasteiger partial charge in [0.15, 0.2) is 5.82 Å². The lowest BCUT2D eigenvalue weighted by Crippen LogP contribution is -2.49. The molecular weight excluding hydrogens is 272 g/mol. The molecule has 1 aliphatic rings. The van der Waals surface area contributed by atoms with E-state index < -0.39 is 0 Å². The van der Waals surface area contributed by atoms with Crippen LogP contribution in [-0.2, 0) is 4.79 Å². The van der Waals surface area contributed by atoms with Crippen molar-refractivity contribution in [2.45, 2.75) is 37.8 Å².